The lowest BCUT2D eigenvalue weighted by Crippen LogP contribution is -2.50. The van der Waals surface area contributed by atoms with Crippen molar-refractivity contribution in [1.29, 1.82) is 0 Å². The maximum atomic E-state index is 12.8. The van der Waals surface area contributed by atoms with Crippen LogP contribution in [0.4, 0.5) is 39.5 Å². The van der Waals surface area contributed by atoms with Crippen LogP contribution in [0.2, 0.25) is 0 Å². The van der Waals surface area contributed by atoms with Crippen LogP contribution in [-0.2, 0) is 6.18 Å². The van der Waals surface area contributed by atoms with Gasteiger partial charge < -0.3 is 0 Å². The standard InChI is InChI=1S/C12H8ClF9/c1-9(11(17,18)19,12(20,21)22)8(13)6-3-2-4-7(5-6)10(14,15)16/h2-5,8H,1H3. The van der Waals surface area contributed by atoms with Crippen molar-refractivity contribution in [3.8, 4) is 0 Å². The summed E-state index contributed by atoms with van der Waals surface area (Å²) in [4.78, 5) is 0. The molecule has 0 saturated heterocycles. The van der Waals surface area contributed by atoms with Crippen LogP contribution in [0.15, 0.2) is 24.3 Å². The Labute approximate surface area is 123 Å². The molecular weight excluding hydrogens is 351 g/mol. The van der Waals surface area contributed by atoms with Gasteiger partial charge in [0.2, 0.25) is 0 Å². The minimum absolute atomic E-state index is 0.174. The highest BCUT2D eigenvalue weighted by Gasteiger charge is 2.71. The topological polar surface area (TPSA) is 0 Å². The monoisotopic (exact) mass is 358 g/mol. The van der Waals surface area contributed by atoms with Gasteiger partial charge in [0.15, 0.2) is 5.41 Å². The number of rotatable bonds is 2. The molecule has 1 aromatic rings. The minimum atomic E-state index is -5.80. The lowest BCUT2D eigenvalue weighted by molar-refractivity contribution is -0.335. The number of benzene rings is 1. The van der Waals surface area contributed by atoms with Gasteiger partial charge in [-0.2, -0.15) is 39.5 Å². The van der Waals surface area contributed by atoms with Crippen molar-refractivity contribution in [2.75, 3.05) is 0 Å². The first-order valence-electron chi connectivity index (χ1n) is 5.57. The summed E-state index contributed by atoms with van der Waals surface area (Å²) in [5.41, 5.74) is -6.71. The first-order chi connectivity index (χ1) is 9.62. The third kappa shape index (κ3) is 3.28. The molecule has 0 radical (unpaired) electrons. The van der Waals surface area contributed by atoms with Gasteiger partial charge in [0.25, 0.3) is 0 Å². The highest BCUT2D eigenvalue weighted by molar-refractivity contribution is 6.21. The molecule has 0 aromatic heterocycles. The highest BCUT2D eigenvalue weighted by Crippen LogP contribution is 2.59. The fraction of sp³-hybridized carbons (Fsp3) is 0.500. The highest BCUT2D eigenvalue weighted by atomic mass is 35.5. The first kappa shape index (κ1) is 18.9. The van der Waals surface area contributed by atoms with E-state index in [1.807, 2.05) is 0 Å². The van der Waals surface area contributed by atoms with E-state index in [1.54, 1.807) is 0 Å². The molecule has 1 unspecified atom stereocenters. The molecule has 0 heterocycles. The summed E-state index contributed by atoms with van der Waals surface area (Å²) in [5, 5.41) is -2.77. The van der Waals surface area contributed by atoms with Crippen LogP contribution in [0.5, 0.6) is 0 Å². The van der Waals surface area contributed by atoms with E-state index in [1.165, 1.54) is 0 Å². The van der Waals surface area contributed by atoms with Crippen molar-refractivity contribution in [2.45, 2.75) is 30.8 Å². The van der Waals surface area contributed by atoms with Crippen LogP contribution >= 0.6 is 11.6 Å². The molecule has 22 heavy (non-hydrogen) atoms. The van der Waals surface area contributed by atoms with Crippen molar-refractivity contribution in [3.63, 3.8) is 0 Å². The van der Waals surface area contributed by atoms with Crippen molar-refractivity contribution < 1.29 is 39.5 Å². The van der Waals surface area contributed by atoms with Crippen LogP contribution in [0.25, 0.3) is 0 Å². The summed E-state index contributed by atoms with van der Waals surface area (Å²) in [6.07, 6.45) is -16.5. The van der Waals surface area contributed by atoms with Crippen molar-refractivity contribution in [2.24, 2.45) is 5.41 Å². The average molecular weight is 359 g/mol. The van der Waals surface area contributed by atoms with Crippen LogP contribution in [0.3, 0.4) is 0 Å². The Hall–Kier alpha value is -1.12. The second kappa shape index (κ2) is 5.50. The van der Waals surface area contributed by atoms with Gasteiger partial charge in [0.1, 0.15) is 0 Å². The quantitative estimate of drug-likeness (QED) is 0.441. The fourth-order valence-electron chi connectivity index (χ4n) is 1.65. The van der Waals surface area contributed by atoms with Crippen LogP contribution in [0.1, 0.15) is 23.4 Å². The Morgan fingerprint density at radius 3 is 1.68 bits per heavy atom. The zero-order valence-electron chi connectivity index (χ0n) is 10.7. The molecule has 0 nitrogen and oxygen atoms in total. The number of hydrogen-bond acceptors (Lipinski definition) is 0. The molecule has 0 aliphatic heterocycles. The van der Waals surface area contributed by atoms with Gasteiger partial charge >= 0.3 is 18.5 Å². The summed E-state index contributed by atoms with van der Waals surface area (Å²) in [7, 11) is 0. The van der Waals surface area contributed by atoms with E-state index in [4.69, 9.17) is 11.6 Å². The second-order valence-electron chi connectivity index (χ2n) is 4.68. The second-order valence-corrected chi connectivity index (χ2v) is 5.12. The van der Waals surface area contributed by atoms with Crippen LogP contribution in [-0.4, -0.2) is 12.4 Å². The minimum Gasteiger partial charge on any atom is -0.170 e. The first-order valence-corrected chi connectivity index (χ1v) is 6.00. The maximum absolute atomic E-state index is 12.8. The molecule has 0 aliphatic rings. The molecule has 0 bridgehead atoms. The SMILES string of the molecule is CC(C(Cl)c1cccc(C(F)(F)F)c1)(C(F)(F)F)C(F)(F)F. The van der Waals surface area contributed by atoms with E-state index in [-0.39, 0.29) is 13.0 Å². The van der Waals surface area contributed by atoms with Gasteiger partial charge in [-0.3, -0.25) is 0 Å². The Morgan fingerprint density at radius 1 is 0.864 bits per heavy atom. The molecule has 0 aliphatic carbocycles. The molecule has 0 spiro atoms. The predicted octanol–water partition coefficient (Wildman–Crippen LogP) is 6.12. The van der Waals surface area contributed by atoms with Crippen molar-refractivity contribution in [3.05, 3.63) is 35.4 Å². The normalized spacial score (nSPS) is 15.8. The Kier molecular flexibility index (Phi) is 4.74. The Bertz CT molecular complexity index is 513. The molecule has 0 saturated carbocycles. The summed E-state index contributed by atoms with van der Waals surface area (Å²) in [6.45, 7) is -0.190. The van der Waals surface area contributed by atoms with E-state index < -0.39 is 40.4 Å². The number of alkyl halides is 10. The zero-order chi connectivity index (χ0) is 17.6. The third-order valence-corrected chi connectivity index (χ3v) is 3.88. The lowest BCUT2D eigenvalue weighted by Gasteiger charge is -2.37. The number of halogens is 10. The van der Waals surface area contributed by atoms with E-state index in [0.717, 1.165) is 0 Å². The summed E-state index contributed by atoms with van der Waals surface area (Å²) in [6, 6.07) is 2.07. The molecule has 0 fully saturated rings. The summed E-state index contributed by atoms with van der Waals surface area (Å²) in [5.74, 6) is 0. The lowest BCUT2D eigenvalue weighted by atomic mass is 9.81. The Balaban J connectivity index is 3.42. The molecular formula is C12H8ClF9. The summed E-state index contributed by atoms with van der Waals surface area (Å²) < 4.78 is 115. The smallest absolute Gasteiger partial charge is 0.170 e. The van der Waals surface area contributed by atoms with Gasteiger partial charge in [-0.15, -0.1) is 11.6 Å². The molecule has 0 N–H and O–H groups in total. The van der Waals surface area contributed by atoms with Gasteiger partial charge in [0.05, 0.1) is 10.9 Å². The molecule has 1 rings (SSSR count). The van der Waals surface area contributed by atoms with E-state index in [0.29, 0.717) is 18.2 Å². The Morgan fingerprint density at radius 2 is 1.32 bits per heavy atom. The van der Waals surface area contributed by atoms with E-state index >= 15 is 0 Å². The summed E-state index contributed by atoms with van der Waals surface area (Å²) >= 11 is 5.30. The van der Waals surface area contributed by atoms with Gasteiger partial charge in [-0.1, -0.05) is 18.2 Å². The predicted molar refractivity (Wildman–Crippen MR) is 60.3 cm³/mol. The van der Waals surface area contributed by atoms with Gasteiger partial charge in [-0.05, 0) is 18.6 Å². The van der Waals surface area contributed by atoms with E-state index in [9.17, 15) is 39.5 Å². The molecule has 10 heteroatoms. The van der Waals surface area contributed by atoms with Gasteiger partial charge in [-0.25, -0.2) is 0 Å². The van der Waals surface area contributed by atoms with Crippen molar-refractivity contribution >= 4 is 11.6 Å². The molecule has 0 amide bonds. The fourth-order valence-corrected chi connectivity index (χ4v) is 2.04. The average Bonchev–Trinajstić information content (AvgIpc) is 2.33. The molecule has 126 valence electrons. The van der Waals surface area contributed by atoms with Crippen LogP contribution in [0, 0.1) is 5.41 Å². The molecule has 1 atom stereocenters. The number of hydrogen-bond donors (Lipinski definition) is 0. The maximum Gasteiger partial charge on any atom is 0.416 e. The zero-order valence-corrected chi connectivity index (χ0v) is 11.4. The largest absolute Gasteiger partial charge is 0.416 e. The third-order valence-electron chi connectivity index (χ3n) is 3.19. The molecule has 1 aromatic carbocycles. The van der Waals surface area contributed by atoms with Gasteiger partial charge in [0, 0.05) is 0 Å². The van der Waals surface area contributed by atoms with Crippen LogP contribution < -0.4 is 0 Å². The van der Waals surface area contributed by atoms with Crippen molar-refractivity contribution in [1.82, 2.24) is 0 Å². The van der Waals surface area contributed by atoms with E-state index in [2.05, 4.69) is 0 Å².